The van der Waals surface area contributed by atoms with Gasteiger partial charge in [-0.05, 0) is 25.1 Å². The fourth-order valence-corrected chi connectivity index (χ4v) is 2.11. The third-order valence-electron chi connectivity index (χ3n) is 3.38. The summed E-state index contributed by atoms with van der Waals surface area (Å²) < 4.78 is 16.8. The zero-order valence-corrected chi connectivity index (χ0v) is 14.9. The minimum absolute atomic E-state index is 0.0573. The van der Waals surface area contributed by atoms with E-state index in [2.05, 4.69) is 19.9 Å². The molecule has 0 amide bonds. The molecule has 138 valence electrons. The van der Waals surface area contributed by atoms with Gasteiger partial charge < -0.3 is 19.5 Å². The quantitative estimate of drug-likeness (QED) is 0.568. The van der Waals surface area contributed by atoms with Crippen LogP contribution in [0.3, 0.4) is 0 Å². The van der Waals surface area contributed by atoms with Crippen LogP contribution in [0.25, 0.3) is 0 Å². The summed E-state index contributed by atoms with van der Waals surface area (Å²) in [6, 6.07) is 8.97. The van der Waals surface area contributed by atoms with Crippen LogP contribution in [0.15, 0.2) is 48.3 Å². The van der Waals surface area contributed by atoms with Crippen molar-refractivity contribution in [3.63, 3.8) is 0 Å². The van der Waals surface area contributed by atoms with Gasteiger partial charge in [0, 0.05) is 6.20 Å². The van der Waals surface area contributed by atoms with E-state index in [0.29, 0.717) is 24.6 Å². The highest BCUT2D eigenvalue weighted by Gasteiger charge is 2.15. The number of carbonyl (C=O) groups is 2. The van der Waals surface area contributed by atoms with Crippen molar-refractivity contribution in [2.75, 3.05) is 26.1 Å². The predicted molar refractivity (Wildman–Crippen MR) is 94.6 cm³/mol. The second-order valence-corrected chi connectivity index (χ2v) is 5.26. The van der Waals surface area contributed by atoms with E-state index in [1.807, 2.05) is 19.2 Å². The van der Waals surface area contributed by atoms with Crippen LogP contribution >= 0.6 is 0 Å². The van der Waals surface area contributed by atoms with Crippen LogP contribution in [0, 0.1) is 6.92 Å². The van der Waals surface area contributed by atoms with Crippen LogP contribution in [0.4, 0.5) is 5.69 Å². The van der Waals surface area contributed by atoms with Gasteiger partial charge in [-0.2, -0.15) is 5.10 Å². The van der Waals surface area contributed by atoms with Gasteiger partial charge in [0.2, 0.25) is 0 Å². The van der Waals surface area contributed by atoms with Crippen LogP contribution in [0.2, 0.25) is 0 Å². The molecule has 0 saturated carbocycles. The minimum Gasteiger partial charge on any atom is -0.489 e. The van der Waals surface area contributed by atoms with Crippen molar-refractivity contribution in [3.05, 3.63) is 54.0 Å². The molecule has 0 saturated heterocycles. The van der Waals surface area contributed by atoms with Gasteiger partial charge >= 0.3 is 11.9 Å². The summed E-state index contributed by atoms with van der Waals surface area (Å²) in [4.78, 5) is 23.3. The van der Waals surface area contributed by atoms with Crippen molar-refractivity contribution in [1.29, 1.82) is 0 Å². The number of aromatic nitrogens is 2. The molecule has 0 spiro atoms. The molecule has 2 rings (SSSR count). The Labute approximate surface area is 151 Å². The van der Waals surface area contributed by atoms with E-state index in [0.717, 1.165) is 11.8 Å². The molecule has 1 aromatic heterocycles. The molecular weight excluding hydrogens is 338 g/mol. The van der Waals surface area contributed by atoms with E-state index < -0.39 is 11.9 Å². The van der Waals surface area contributed by atoms with Gasteiger partial charge in [0.05, 0.1) is 38.2 Å². The summed E-state index contributed by atoms with van der Waals surface area (Å²) in [7, 11) is 2.45. The lowest BCUT2D eigenvalue weighted by Crippen LogP contribution is -2.16. The van der Waals surface area contributed by atoms with Gasteiger partial charge in [-0.3, -0.25) is 4.68 Å². The number of nitrogens with one attached hydrogen (secondary N) is 1. The Hall–Kier alpha value is -3.29. The van der Waals surface area contributed by atoms with Crippen molar-refractivity contribution >= 4 is 17.6 Å². The van der Waals surface area contributed by atoms with Crippen LogP contribution < -0.4 is 10.1 Å². The molecule has 0 atom stereocenters. The van der Waals surface area contributed by atoms with Gasteiger partial charge in [0.25, 0.3) is 0 Å². The number of benzene rings is 1. The maximum Gasteiger partial charge on any atom is 0.354 e. The van der Waals surface area contributed by atoms with Crippen molar-refractivity contribution in [2.45, 2.75) is 13.5 Å². The van der Waals surface area contributed by atoms with Crippen LogP contribution in [-0.4, -0.2) is 42.5 Å². The van der Waals surface area contributed by atoms with Crippen molar-refractivity contribution in [1.82, 2.24) is 9.78 Å². The Bertz CT molecular complexity index is 798. The lowest BCUT2D eigenvalue weighted by molar-refractivity contribution is -0.138. The Balaban J connectivity index is 2.09. The van der Waals surface area contributed by atoms with E-state index in [4.69, 9.17) is 4.74 Å². The number of rotatable bonds is 8. The van der Waals surface area contributed by atoms with E-state index in [9.17, 15) is 9.59 Å². The zero-order valence-electron chi connectivity index (χ0n) is 14.9. The third kappa shape index (κ3) is 5.37. The second kappa shape index (κ2) is 9.26. The topological polar surface area (TPSA) is 91.7 Å². The molecule has 1 heterocycles. The normalized spacial score (nSPS) is 11.0. The Morgan fingerprint density at radius 2 is 1.96 bits per heavy atom. The molecule has 0 unspecified atom stereocenters. The Kier molecular flexibility index (Phi) is 6.78. The number of nitrogens with zero attached hydrogens (tertiary/aromatic N) is 2. The lowest BCUT2D eigenvalue weighted by Gasteiger charge is -2.14. The molecule has 0 aliphatic carbocycles. The Morgan fingerprint density at radius 1 is 1.19 bits per heavy atom. The number of para-hydroxylation sites is 2. The number of hydrogen-bond donors (Lipinski definition) is 1. The van der Waals surface area contributed by atoms with Crippen molar-refractivity contribution in [3.8, 4) is 5.75 Å². The smallest absolute Gasteiger partial charge is 0.354 e. The van der Waals surface area contributed by atoms with E-state index in [-0.39, 0.29) is 5.70 Å². The SMILES string of the molecule is COC(=O)/C=C(/Nc1ccccc1OCCn1ccc(C)n1)C(=O)OC. The lowest BCUT2D eigenvalue weighted by atomic mass is 10.2. The zero-order chi connectivity index (χ0) is 18.9. The summed E-state index contributed by atoms with van der Waals surface area (Å²) in [6.45, 7) is 2.87. The fraction of sp³-hybridized carbons (Fsp3) is 0.278. The molecule has 0 aliphatic heterocycles. The standard InChI is InChI=1S/C18H21N3O5/c1-13-8-9-21(20-13)10-11-26-16-7-5-4-6-14(16)19-15(18(23)25-3)12-17(22)24-2/h4-9,12,19H,10-11H2,1-3H3/b15-12+. The highest BCUT2D eigenvalue weighted by Crippen LogP contribution is 2.25. The predicted octanol–water partition coefficient (Wildman–Crippen LogP) is 1.91. The number of anilines is 1. The highest BCUT2D eigenvalue weighted by atomic mass is 16.5. The molecule has 0 bridgehead atoms. The molecule has 0 radical (unpaired) electrons. The third-order valence-corrected chi connectivity index (χ3v) is 3.38. The average molecular weight is 359 g/mol. The summed E-state index contributed by atoms with van der Waals surface area (Å²) in [5.74, 6) is -0.849. The molecule has 0 fully saturated rings. The highest BCUT2D eigenvalue weighted by molar-refractivity contribution is 5.99. The molecule has 8 nitrogen and oxygen atoms in total. The number of methoxy groups -OCH3 is 2. The number of ether oxygens (including phenoxy) is 3. The van der Waals surface area contributed by atoms with Gasteiger partial charge in [-0.25, -0.2) is 9.59 Å². The van der Waals surface area contributed by atoms with Crippen LogP contribution in [0.5, 0.6) is 5.75 Å². The second-order valence-electron chi connectivity index (χ2n) is 5.26. The molecule has 0 aliphatic rings. The molecule has 1 N–H and O–H groups in total. The number of esters is 2. The fourth-order valence-electron chi connectivity index (χ4n) is 2.11. The maximum atomic E-state index is 11.9. The van der Waals surface area contributed by atoms with E-state index >= 15 is 0 Å². The summed E-state index contributed by atoms with van der Waals surface area (Å²) >= 11 is 0. The summed E-state index contributed by atoms with van der Waals surface area (Å²) in [5, 5.41) is 7.14. The molecule has 26 heavy (non-hydrogen) atoms. The van der Waals surface area contributed by atoms with Crippen molar-refractivity contribution < 1.29 is 23.8 Å². The van der Waals surface area contributed by atoms with Crippen LogP contribution in [0.1, 0.15) is 5.69 Å². The molecule has 8 heteroatoms. The molecular formula is C18H21N3O5. The average Bonchev–Trinajstić information content (AvgIpc) is 3.06. The first-order valence-electron chi connectivity index (χ1n) is 7.90. The van der Waals surface area contributed by atoms with Gasteiger partial charge in [-0.1, -0.05) is 12.1 Å². The number of carbonyl (C=O) groups excluding carboxylic acids is 2. The van der Waals surface area contributed by atoms with Crippen molar-refractivity contribution in [2.24, 2.45) is 0 Å². The number of hydrogen-bond acceptors (Lipinski definition) is 7. The monoisotopic (exact) mass is 359 g/mol. The molecule has 2 aromatic rings. The first-order valence-corrected chi connectivity index (χ1v) is 7.90. The van der Waals surface area contributed by atoms with Crippen LogP contribution in [-0.2, 0) is 25.6 Å². The van der Waals surface area contributed by atoms with Gasteiger partial charge in [0.15, 0.2) is 0 Å². The maximum absolute atomic E-state index is 11.9. The van der Waals surface area contributed by atoms with E-state index in [1.54, 1.807) is 28.9 Å². The van der Waals surface area contributed by atoms with E-state index in [1.165, 1.54) is 14.2 Å². The number of aryl methyl sites for hydroxylation is 1. The largest absolute Gasteiger partial charge is 0.489 e. The first-order chi connectivity index (χ1) is 12.5. The van der Waals surface area contributed by atoms with Gasteiger partial charge in [-0.15, -0.1) is 0 Å². The first kappa shape index (κ1) is 19.0. The summed E-state index contributed by atoms with van der Waals surface area (Å²) in [5.41, 5.74) is 1.39. The minimum atomic E-state index is -0.697. The Morgan fingerprint density at radius 3 is 2.62 bits per heavy atom. The molecule has 1 aromatic carbocycles. The van der Waals surface area contributed by atoms with Gasteiger partial charge in [0.1, 0.15) is 18.1 Å². The summed E-state index contributed by atoms with van der Waals surface area (Å²) in [6.07, 6.45) is 2.90.